The van der Waals surface area contributed by atoms with Gasteiger partial charge in [0.1, 0.15) is 0 Å². The molecule has 2 heteroatoms. The summed E-state index contributed by atoms with van der Waals surface area (Å²) < 4.78 is 0. The van der Waals surface area contributed by atoms with Crippen molar-refractivity contribution in [2.75, 3.05) is 0 Å². The Kier molecular flexibility index (Phi) is 4.07. The minimum Gasteiger partial charge on any atom is -0.301 e. The van der Waals surface area contributed by atoms with Gasteiger partial charge >= 0.3 is 0 Å². The van der Waals surface area contributed by atoms with E-state index in [9.17, 15) is 0 Å². The molecule has 16 heavy (non-hydrogen) atoms. The van der Waals surface area contributed by atoms with Crippen LogP contribution >= 0.6 is 11.8 Å². The average molecular weight is 243 g/mol. The van der Waals surface area contributed by atoms with Crippen LogP contribution in [0.25, 0.3) is 0 Å². The fourth-order valence-electron chi connectivity index (χ4n) is 2.27. The lowest BCUT2D eigenvalue weighted by Crippen LogP contribution is -2.44. The quantitative estimate of drug-likeness (QED) is 0.743. The predicted molar refractivity (Wildman–Crippen MR) is 75.8 cm³/mol. The second-order valence-electron chi connectivity index (χ2n) is 7.61. The number of hydrogen-bond donors (Lipinski definition) is 1. The molecule has 1 nitrogen and oxygen atoms in total. The molecule has 96 valence electrons. The molecule has 0 amide bonds. The van der Waals surface area contributed by atoms with Crippen molar-refractivity contribution in [3.05, 3.63) is 0 Å². The van der Waals surface area contributed by atoms with Gasteiger partial charge in [0.2, 0.25) is 0 Å². The van der Waals surface area contributed by atoms with Gasteiger partial charge < -0.3 is 5.32 Å². The standard InChI is InChI=1S/C14H29NS/c1-9(2)10-11(13(3,4)5)16-12(15-10)14(6,7)8/h9-12,15H,1-8H3. The number of thioether (sulfide) groups is 1. The van der Waals surface area contributed by atoms with Crippen LogP contribution in [0, 0.1) is 16.7 Å². The van der Waals surface area contributed by atoms with Crippen molar-refractivity contribution < 1.29 is 0 Å². The lowest BCUT2D eigenvalue weighted by atomic mass is 9.83. The molecule has 1 fully saturated rings. The van der Waals surface area contributed by atoms with E-state index in [1.165, 1.54) is 0 Å². The maximum absolute atomic E-state index is 3.85. The lowest BCUT2D eigenvalue weighted by Gasteiger charge is -2.33. The van der Waals surface area contributed by atoms with E-state index in [-0.39, 0.29) is 0 Å². The van der Waals surface area contributed by atoms with Crippen LogP contribution in [-0.4, -0.2) is 16.7 Å². The second-order valence-corrected chi connectivity index (χ2v) is 8.86. The first-order chi connectivity index (χ1) is 7.03. The molecule has 1 heterocycles. The SMILES string of the molecule is CC(C)C1NC(C(C)(C)C)SC1C(C)(C)C. The van der Waals surface area contributed by atoms with E-state index >= 15 is 0 Å². The molecule has 0 aliphatic carbocycles. The highest BCUT2D eigenvalue weighted by Gasteiger charge is 2.45. The van der Waals surface area contributed by atoms with Gasteiger partial charge in [0.15, 0.2) is 0 Å². The molecule has 0 bridgehead atoms. The van der Waals surface area contributed by atoms with Crippen LogP contribution < -0.4 is 5.32 Å². The van der Waals surface area contributed by atoms with Gasteiger partial charge in [-0.1, -0.05) is 55.4 Å². The number of nitrogens with one attached hydrogen (secondary N) is 1. The van der Waals surface area contributed by atoms with E-state index < -0.39 is 0 Å². The summed E-state index contributed by atoms with van der Waals surface area (Å²) in [5.74, 6) is 0.712. The van der Waals surface area contributed by atoms with Gasteiger partial charge in [0.25, 0.3) is 0 Å². The van der Waals surface area contributed by atoms with Crippen LogP contribution in [0.2, 0.25) is 0 Å². The van der Waals surface area contributed by atoms with Crippen molar-refractivity contribution in [2.24, 2.45) is 16.7 Å². The first-order valence-electron chi connectivity index (χ1n) is 6.45. The molecule has 1 saturated heterocycles. The van der Waals surface area contributed by atoms with Crippen molar-refractivity contribution in [2.45, 2.75) is 72.1 Å². The Morgan fingerprint density at radius 3 is 1.69 bits per heavy atom. The zero-order valence-corrected chi connectivity index (χ0v) is 13.0. The topological polar surface area (TPSA) is 12.0 Å². The van der Waals surface area contributed by atoms with Crippen molar-refractivity contribution in [3.8, 4) is 0 Å². The highest BCUT2D eigenvalue weighted by molar-refractivity contribution is 8.00. The third kappa shape index (κ3) is 3.16. The third-order valence-corrected chi connectivity index (χ3v) is 5.72. The molecule has 1 aliphatic rings. The van der Waals surface area contributed by atoms with Crippen LogP contribution in [-0.2, 0) is 0 Å². The van der Waals surface area contributed by atoms with Crippen molar-refractivity contribution in [1.29, 1.82) is 0 Å². The van der Waals surface area contributed by atoms with Crippen molar-refractivity contribution in [3.63, 3.8) is 0 Å². The Hall–Kier alpha value is 0.310. The summed E-state index contributed by atoms with van der Waals surface area (Å²) in [4.78, 5) is 0. The normalized spacial score (nSPS) is 32.4. The third-order valence-electron chi connectivity index (χ3n) is 3.31. The maximum Gasteiger partial charge on any atom is 0.0587 e. The van der Waals surface area contributed by atoms with Crippen LogP contribution in [0.5, 0.6) is 0 Å². The number of hydrogen-bond acceptors (Lipinski definition) is 2. The summed E-state index contributed by atoms with van der Waals surface area (Å²) in [6.07, 6.45) is 0. The molecular formula is C14H29NS. The molecule has 0 aromatic rings. The molecular weight excluding hydrogens is 214 g/mol. The fourth-order valence-corrected chi connectivity index (χ4v) is 4.18. The first kappa shape index (κ1) is 14.4. The maximum atomic E-state index is 3.85. The lowest BCUT2D eigenvalue weighted by molar-refractivity contribution is 0.264. The molecule has 0 radical (unpaired) electrons. The molecule has 0 aromatic heterocycles. The Morgan fingerprint density at radius 2 is 1.44 bits per heavy atom. The fraction of sp³-hybridized carbons (Fsp3) is 1.00. The van der Waals surface area contributed by atoms with Gasteiger partial charge in [-0.3, -0.25) is 0 Å². The van der Waals surface area contributed by atoms with Crippen LogP contribution in [0.1, 0.15) is 55.4 Å². The first-order valence-corrected chi connectivity index (χ1v) is 7.39. The van der Waals surface area contributed by atoms with Crippen LogP contribution in [0.3, 0.4) is 0 Å². The second kappa shape index (κ2) is 4.53. The molecule has 3 atom stereocenters. The van der Waals surface area contributed by atoms with Gasteiger partial charge in [0.05, 0.1) is 5.37 Å². The Labute approximate surface area is 106 Å². The molecule has 0 aromatic carbocycles. The molecule has 0 spiro atoms. The molecule has 1 rings (SSSR count). The molecule has 1 N–H and O–H groups in total. The summed E-state index contributed by atoms with van der Waals surface area (Å²) in [6.45, 7) is 18.8. The van der Waals surface area contributed by atoms with E-state index in [0.29, 0.717) is 28.2 Å². The zero-order chi connectivity index (χ0) is 12.7. The summed E-state index contributed by atoms with van der Waals surface area (Å²) in [5.41, 5.74) is 0.727. The highest BCUT2D eigenvalue weighted by Crippen LogP contribution is 2.46. The van der Waals surface area contributed by atoms with E-state index in [0.717, 1.165) is 5.25 Å². The predicted octanol–water partition coefficient (Wildman–Crippen LogP) is 4.13. The average Bonchev–Trinajstić information content (AvgIpc) is 2.44. The summed E-state index contributed by atoms with van der Waals surface area (Å²) >= 11 is 2.15. The largest absolute Gasteiger partial charge is 0.301 e. The Balaban J connectivity index is 2.85. The van der Waals surface area contributed by atoms with Crippen LogP contribution in [0.15, 0.2) is 0 Å². The summed E-state index contributed by atoms with van der Waals surface area (Å²) in [7, 11) is 0. The van der Waals surface area contributed by atoms with Crippen LogP contribution in [0.4, 0.5) is 0 Å². The van der Waals surface area contributed by atoms with Gasteiger partial charge in [-0.2, -0.15) is 0 Å². The molecule has 1 aliphatic heterocycles. The highest BCUT2D eigenvalue weighted by atomic mass is 32.2. The molecule has 3 unspecified atom stereocenters. The number of rotatable bonds is 1. The zero-order valence-electron chi connectivity index (χ0n) is 12.2. The van der Waals surface area contributed by atoms with E-state index in [1.807, 2.05) is 0 Å². The van der Waals surface area contributed by atoms with E-state index in [1.54, 1.807) is 0 Å². The summed E-state index contributed by atoms with van der Waals surface area (Å²) in [6, 6.07) is 0.647. The monoisotopic (exact) mass is 243 g/mol. The van der Waals surface area contributed by atoms with Crippen molar-refractivity contribution in [1.82, 2.24) is 5.32 Å². The smallest absolute Gasteiger partial charge is 0.0587 e. The Bertz CT molecular complexity index is 234. The summed E-state index contributed by atoms with van der Waals surface area (Å²) in [5, 5.41) is 5.16. The van der Waals surface area contributed by atoms with Gasteiger partial charge in [-0.15, -0.1) is 11.8 Å². The minimum absolute atomic E-state index is 0.345. The van der Waals surface area contributed by atoms with Gasteiger partial charge in [-0.05, 0) is 16.7 Å². The van der Waals surface area contributed by atoms with Gasteiger partial charge in [0, 0.05) is 11.3 Å². The van der Waals surface area contributed by atoms with Gasteiger partial charge in [-0.25, -0.2) is 0 Å². The minimum atomic E-state index is 0.345. The molecule has 0 saturated carbocycles. The van der Waals surface area contributed by atoms with Crippen molar-refractivity contribution >= 4 is 11.8 Å². The van der Waals surface area contributed by atoms with E-state index in [2.05, 4.69) is 72.5 Å². The van der Waals surface area contributed by atoms with E-state index in [4.69, 9.17) is 0 Å². The Morgan fingerprint density at radius 1 is 0.938 bits per heavy atom.